The van der Waals surface area contributed by atoms with Crippen LogP contribution in [0.2, 0.25) is 0 Å². The van der Waals surface area contributed by atoms with Crippen LogP contribution in [0.1, 0.15) is 26.8 Å². The molecule has 1 fully saturated rings. The fourth-order valence-corrected chi connectivity index (χ4v) is 5.51. The lowest BCUT2D eigenvalue weighted by Crippen LogP contribution is -2.52. The number of amides is 1. The van der Waals surface area contributed by atoms with Gasteiger partial charge < -0.3 is 9.47 Å². The second kappa shape index (κ2) is 8.62. The Morgan fingerprint density at radius 3 is 2.32 bits per heavy atom. The molecular formula is C18H25N5O3S2. The third-order valence-corrected chi connectivity index (χ3v) is 7.63. The number of aromatic nitrogens is 3. The predicted octanol–water partition coefficient (Wildman–Crippen LogP) is 1.87. The number of thioether (sulfide) groups is 1. The molecule has 1 amide bonds. The highest BCUT2D eigenvalue weighted by Gasteiger charge is 2.32. The third kappa shape index (κ3) is 4.39. The number of carbonyl (C=O) groups is 1. The van der Waals surface area contributed by atoms with Gasteiger partial charge in [-0.1, -0.05) is 30.0 Å². The Hall–Kier alpha value is -1.91. The smallest absolute Gasteiger partial charge is 0.243 e. The van der Waals surface area contributed by atoms with Crippen molar-refractivity contribution in [3.63, 3.8) is 0 Å². The zero-order chi connectivity index (χ0) is 20.3. The molecule has 0 saturated carbocycles. The lowest BCUT2D eigenvalue weighted by atomic mass is 10.3. The highest BCUT2D eigenvalue weighted by atomic mass is 32.2. The van der Waals surface area contributed by atoms with Crippen molar-refractivity contribution in [2.24, 2.45) is 0 Å². The summed E-state index contributed by atoms with van der Waals surface area (Å²) in [5.74, 6) is -0.0138. The lowest BCUT2D eigenvalue weighted by Gasteiger charge is -2.35. The second-order valence-corrected chi connectivity index (χ2v) is 10.2. The molecule has 0 N–H and O–H groups in total. The van der Waals surface area contributed by atoms with Crippen LogP contribution in [0.15, 0.2) is 46.7 Å². The highest BCUT2D eigenvalue weighted by Crippen LogP contribution is 2.25. The molecule has 0 spiro atoms. The Balaban J connectivity index is 1.60. The topological polar surface area (TPSA) is 88.4 Å². The number of sulfonamides is 1. The van der Waals surface area contributed by atoms with Gasteiger partial charge in [-0.3, -0.25) is 4.79 Å². The van der Waals surface area contributed by atoms with E-state index in [1.54, 1.807) is 41.6 Å². The van der Waals surface area contributed by atoms with Crippen LogP contribution in [0, 0.1) is 0 Å². The standard InChI is InChI=1S/C18H25N5O3S2/c1-14(2)23-13-19-20-18(23)27-15(3)17(24)21-9-11-22(12-10-21)28(25,26)16-7-5-4-6-8-16/h4-8,13-15H,9-12H2,1-3H3/t15-/m0/s1. The molecule has 0 aliphatic carbocycles. The zero-order valence-electron chi connectivity index (χ0n) is 16.2. The molecule has 1 atom stereocenters. The molecule has 1 aromatic heterocycles. The Kier molecular flexibility index (Phi) is 6.41. The maximum Gasteiger partial charge on any atom is 0.243 e. The minimum atomic E-state index is -3.52. The first-order chi connectivity index (χ1) is 13.3. The summed E-state index contributed by atoms with van der Waals surface area (Å²) in [7, 11) is -3.52. The van der Waals surface area contributed by atoms with E-state index in [1.807, 2.05) is 25.3 Å². The fourth-order valence-electron chi connectivity index (χ4n) is 3.03. The Morgan fingerprint density at radius 1 is 1.07 bits per heavy atom. The van der Waals surface area contributed by atoms with E-state index in [0.717, 1.165) is 0 Å². The number of benzene rings is 1. The molecular weight excluding hydrogens is 398 g/mol. The Morgan fingerprint density at radius 2 is 1.71 bits per heavy atom. The summed E-state index contributed by atoms with van der Waals surface area (Å²) in [5.41, 5.74) is 0. The van der Waals surface area contributed by atoms with Gasteiger partial charge in [-0.25, -0.2) is 8.42 Å². The van der Waals surface area contributed by atoms with E-state index < -0.39 is 10.0 Å². The maximum atomic E-state index is 12.8. The second-order valence-electron chi connectivity index (χ2n) is 6.92. The number of nitrogens with zero attached hydrogens (tertiary/aromatic N) is 5. The number of rotatable bonds is 6. The van der Waals surface area contributed by atoms with Gasteiger partial charge in [-0.15, -0.1) is 10.2 Å². The Labute approximate surface area is 170 Å². The minimum absolute atomic E-state index is 0.0138. The van der Waals surface area contributed by atoms with E-state index in [-0.39, 0.29) is 22.1 Å². The highest BCUT2D eigenvalue weighted by molar-refractivity contribution is 8.00. The van der Waals surface area contributed by atoms with Crippen molar-refractivity contribution < 1.29 is 13.2 Å². The van der Waals surface area contributed by atoms with Gasteiger partial charge in [0.2, 0.25) is 15.9 Å². The Bertz CT molecular complexity index is 906. The van der Waals surface area contributed by atoms with Gasteiger partial charge in [0.25, 0.3) is 0 Å². The average molecular weight is 424 g/mol. The number of hydrogen-bond donors (Lipinski definition) is 0. The molecule has 1 aliphatic rings. The van der Waals surface area contributed by atoms with Gasteiger partial charge in [0, 0.05) is 32.2 Å². The molecule has 28 heavy (non-hydrogen) atoms. The van der Waals surface area contributed by atoms with Gasteiger partial charge in [-0.2, -0.15) is 4.31 Å². The summed E-state index contributed by atoms with van der Waals surface area (Å²) in [6.45, 7) is 7.27. The molecule has 2 heterocycles. The molecule has 2 aromatic rings. The monoisotopic (exact) mass is 423 g/mol. The molecule has 1 aliphatic heterocycles. The molecule has 0 unspecified atom stereocenters. The number of hydrogen-bond acceptors (Lipinski definition) is 6. The molecule has 1 aromatic carbocycles. The van der Waals surface area contributed by atoms with Crippen LogP contribution < -0.4 is 0 Å². The van der Waals surface area contributed by atoms with Crippen molar-refractivity contribution in [1.29, 1.82) is 0 Å². The summed E-state index contributed by atoms with van der Waals surface area (Å²) >= 11 is 1.38. The van der Waals surface area contributed by atoms with E-state index in [0.29, 0.717) is 31.3 Å². The number of carbonyl (C=O) groups excluding carboxylic acids is 1. The maximum absolute atomic E-state index is 12.8. The summed E-state index contributed by atoms with van der Waals surface area (Å²) in [4.78, 5) is 14.8. The van der Waals surface area contributed by atoms with Crippen LogP contribution in [0.5, 0.6) is 0 Å². The quantitative estimate of drug-likeness (QED) is 0.659. The summed E-state index contributed by atoms with van der Waals surface area (Å²) in [6, 6.07) is 8.61. The van der Waals surface area contributed by atoms with Crippen LogP contribution in [-0.2, 0) is 14.8 Å². The molecule has 8 nitrogen and oxygen atoms in total. The van der Waals surface area contributed by atoms with Crippen molar-refractivity contribution in [2.45, 2.75) is 42.1 Å². The molecule has 0 bridgehead atoms. The van der Waals surface area contributed by atoms with Crippen LogP contribution in [0.3, 0.4) is 0 Å². The molecule has 1 saturated heterocycles. The number of piperazine rings is 1. The van der Waals surface area contributed by atoms with Crippen molar-refractivity contribution in [1.82, 2.24) is 24.0 Å². The van der Waals surface area contributed by atoms with Crippen molar-refractivity contribution >= 4 is 27.7 Å². The lowest BCUT2D eigenvalue weighted by molar-refractivity contribution is -0.131. The van der Waals surface area contributed by atoms with Gasteiger partial charge in [0.05, 0.1) is 10.1 Å². The first kappa shape index (κ1) is 20.8. The van der Waals surface area contributed by atoms with E-state index in [4.69, 9.17) is 0 Å². The van der Waals surface area contributed by atoms with Crippen LogP contribution in [-0.4, -0.2) is 69.7 Å². The normalized spacial score (nSPS) is 17.1. The molecule has 10 heteroatoms. The van der Waals surface area contributed by atoms with E-state index in [1.165, 1.54) is 16.1 Å². The van der Waals surface area contributed by atoms with E-state index in [9.17, 15) is 13.2 Å². The summed E-state index contributed by atoms with van der Waals surface area (Å²) in [5, 5.41) is 8.42. The summed E-state index contributed by atoms with van der Waals surface area (Å²) in [6.07, 6.45) is 1.66. The van der Waals surface area contributed by atoms with Gasteiger partial charge >= 0.3 is 0 Å². The van der Waals surface area contributed by atoms with E-state index >= 15 is 0 Å². The third-order valence-electron chi connectivity index (χ3n) is 4.66. The van der Waals surface area contributed by atoms with Crippen molar-refractivity contribution in [3.8, 4) is 0 Å². The van der Waals surface area contributed by atoms with Crippen LogP contribution in [0.25, 0.3) is 0 Å². The van der Waals surface area contributed by atoms with Crippen LogP contribution in [0.4, 0.5) is 0 Å². The molecule has 152 valence electrons. The average Bonchev–Trinajstić information content (AvgIpc) is 3.16. The molecule has 0 radical (unpaired) electrons. The zero-order valence-corrected chi connectivity index (χ0v) is 17.9. The SMILES string of the molecule is CC(C)n1cnnc1S[C@@H](C)C(=O)N1CCN(S(=O)(=O)c2ccccc2)CC1. The first-order valence-corrected chi connectivity index (χ1v) is 11.5. The summed E-state index contributed by atoms with van der Waals surface area (Å²) < 4.78 is 28.8. The van der Waals surface area contributed by atoms with Crippen LogP contribution >= 0.6 is 11.8 Å². The largest absolute Gasteiger partial charge is 0.339 e. The van der Waals surface area contributed by atoms with Gasteiger partial charge in [0.1, 0.15) is 6.33 Å². The van der Waals surface area contributed by atoms with Gasteiger partial charge in [0.15, 0.2) is 5.16 Å². The first-order valence-electron chi connectivity index (χ1n) is 9.21. The molecule has 3 rings (SSSR count). The van der Waals surface area contributed by atoms with Gasteiger partial charge in [-0.05, 0) is 32.9 Å². The van der Waals surface area contributed by atoms with Crippen molar-refractivity contribution in [3.05, 3.63) is 36.7 Å². The minimum Gasteiger partial charge on any atom is -0.339 e. The predicted molar refractivity (Wildman–Crippen MR) is 108 cm³/mol. The van der Waals surface area contributed by atoms with Crippen molar-refractivity contribution in [2.75, 3.05) is 26.2 Å². The van der Waals surface area contributed by atoms with E-state index in [2.05, 4.69) is 10.2 Å². The fraction of sp³-hybridized carbons (Fsp3) is 0.500.